The van der Waals surface area contributed by atoms with Crippen molar-refractivity contribution in [1.29, 1.82) is 0 Å². The van der Waals surface area contributed by atoms with Gasteiger partial charge in [-0.05, 0) is 12.8 Å². The van der Waals surface area contributed by atoms with Crippen molar-refractivity contribution in [1.82, 2.24) is 19.1 Å². The van der Waals surface area contributed by atoms with Crippen LogP contribution in [0.4, 0.5) is 0 Å². The molecule has 0 bridgehead atoms. The van der Waals surface area contributed by atoms with Crippen LogP contribution >= 0.6 is 31.9 Å². The van der Waals surface area contributed by atoms with Gasteiger partial charge in [-0.1, -0.05) is 96.4 Å². The van der Waals surface area contributed by atoms with E-state index < -0.39 is 0 Å². The lowest BCUT2D eigenvalue weighted by Gasteiger charge is -2.10. The van der Waals surface area contributed by atoms with Crippen molar-refractivity contribution in [2.75, 3.05) is 0 Å². The van der Waals surface area contributed by atoms with E-state index in [0.717, 1.165) is 24.5 Å². The maximum atomic E-state index is 4.41. The SMILES string of the molecule is C=Cn1ccnc1C(Br)CCCCCCCCCCC(Br)c1nccn1C=C. The van der Waals surface area contributed by atoms with Crippen LogP contribution in [-0.2, 0) is 0 Å². The Morgan fingerprint density at radius 1 is 0.714 bits per heavy atom. The minimum Gasteiger partial charge on any atom is -0.310 e. The molecule has 6 heteroatoms. The van der Waals surface area contributed by atoms with E-state index in [0.29, 0.717) is 9.65 Å². The third-order valence-electron chi connectivity index (χ3n) is 5.02. The normalized spacial score (nSPS) is 13.4. The van der Waals surface area contributed by atoms with Crippen molar-refractivity contribution in [3.05, 3.63) is 49.6 Å². The van der Waals surface area contributed by atoms with E-state index in [1.807, 2.05) is 46.3 Å². The van der Waals surface area contributed by atoms with Gasteiger partial charge >= 0.3 is 0 Å². The van der Waals surface area contributed by atoms with Gasteiger partial charge < -0.3 is 9.13 Å². The lowest BCUT2D eigenvalue weighted by molar-refractivity contribution is 0.546. The van der Waals surface area contributed by atoms with Crippen molar-refractivity contribution in [2.45, 2.75) is 73.9 Å². The Hall–Kier alpha value is -1.14. The van der Waals surface area contributed by atoms with E-state index in [1.54, 1.807) is 0 Å². The molecular formula is C22H32Br2N4. The van der Waals surface area contributed by atoms with E-state index in [1.165, 1.54) is 51.4 Å². The molecule has 0 aliphatic heterocycles. The Labute approximate surface area is 186 Å². The lowest BCUT2D eigenvalue weighted by atomic mass is 10.0. The molecule has 2 aromatic rings. The molecule has 2 unspecified atom stereocenters. The first-order chi connectivity index (χ1) is 13.7. The summed E-state index contributed by atoms with van der Waals surface area (Å²) < 4.78 is 3.98. The number of unbranched alkanes of at least 4 members (excludes halogenated alkanes) is 7. The fourth-order valence-corrected chi connectivity index (χ4v) is 4.77. The van der Waals surface area contributed by atoms with E-state index in [-0.39, 0.29) is 0 Å². The molecule has 2 heterocycles. The molecule has 0 amide bonds. The highest BCUT2D eigenvalue weighted by atomic mass is 79.9. The first-order valence-corrected chi connectivity index (χ1v) is 12.1. The molecule has 0 N–H and O–H groups in total. The standard InChI is InChI=1S/C22H32Br2N4/c1-3-27-17-15-25-21(27)19(23)13-11-9-7-5-6-8-10-12-14-20(24)22-26-16-18-28(22)4-2/h3-4,15-20H,1-2,5-14H2. The van der Waals surface area contributed by atoms with Crippen LogP contribution in [0.3, 0.4) is 0 Å². The largest absolute Gasteiger partial charge is 0.310 e. The summed E-state index contributed by atoms with van der Waals surface area (Å²) in [6, 6.07) is 0. The van der Waals surface area contributed by atoms with Crippen LogP contribution in [0.1, 0.15) is 85.5 Å². The number of aromatic nitrogens is 4. The Balaban J connectivity index is 1.45. The van der Waals surface area contributed by atoms with Gasteiger partial charge in [0.15, 0.2) is 0 Å². The van der Waals surface area contributed by atoms with Crippen molar-refractivity contribution < 1.29 is 0 Å². The Bertz CT molecular complexity index is 647. The first kappa shape index (κ1) is 23.1. The summed E-state index contributed by atoms with van der Waals surface area (Å²) in [7, 11) is 0. The van der Waals surface area contributed by atoms with Gasteiger partial charge in [0.25, 0.3) is 0 Å². The Morgan fingerprint density at radius 2 is 1.07 bits per heavy atom. The minimum atomic E-state index is 0.314. The fraction of sp³-hybridized carbons (Fsp3) is 0.545. The van der Waals surface area contributed by atoms with Crippen LogP contribution in [0.2, 0.25) is 0 Å². The summed E-state index contributed by atoms with van der Waals surface area (Å²) in [6.45, 7) is 7.64. The second kappa shape index (κ2) is 13.2. The molecule has 154 valence electrons. The van der Waals surface area contributed by atoms with E-state index in [2.05, 4.69) is 55.0 Å². The summed E-state index contributed by atoms with van der Waals surface area (Å²) >= 11 is 7.51. The zero-order valence-corrected chi connectivity index (χ0v) is 19.8. The zero-order chi connectivity index (χ0) is 20.2. The van der Waals surface area contributed by atoms with E-state index in [9.17, 15) is 0 Å². The molecule has 0 saturated carbocycles. The Kier molecular flexibility index (Phi) is 10.9. The van der Waals surface area contributed by atoms with Crippen molar-refractivity contribution in [3.63, 3.8) is 0 Å². The van der Waals surface area contributed by atoms with Gasteiger partial charge in [-0.3, -0.25) is 0 Å². The molecule has 0 spiro atoms. The van der Waals surface area contributed by atoms with Gasteiger partial charge in [0.1, 0.15) is 11.6 Å². The monoisotopic (exact) mass is 510 g/mol. The number of nitrogens with zero attached hydrogens (tertiary/aromatic N) is 4. The number of imidazole rings is 2. The van der Waals surface area contributed by atoms with Crippen LogP contribution < -0.4 is 0 Å². The molecule has 2 aromatic heterocycles. The molecular weight excluding hydrogens is 480 g/mol. The molecule has 0 aliphatic rings. The average molecular weight is 512 g/mol. The lowest BCUT2D eigenvalue weighted by Crippen LogP contribution is -1.99. The van der Waals surface area contributed by atoms with Crippen molar-refractivity contribution in [3.8, 4) is 0 Å². The summed E-state index contributed by atoms with van der Waals surface area (Å²) in [5.74, 6) is 2.10. The zero-order valence-electron chi connectivity index (χ0n) is 16.6. The predicted octanol–water partition coefficient (Wildman–Crippen LogP) is 7.75. The highest BCUT2D eigenvalue weighted by molar-refractivity contribution is 9.09. The first-order valence-electron chi connectivity index (χ1n) is 10.3. The topological polar surface area (TPSA) is 35.6 Å². The van der Waals surface area contributed by atoms with Gasteiger partial charge in [0, 0.05) is 37.2 Å². The molecule has 4 nitrogen and oxygen atoms in total. The minimum absolute atomic E-state index is 0.314. The summed E-state index contributed by atoms with van der Waals surface area (Å²) in [5.41, 5.74) is 0. The molecule has 0 aromatic carbocycles. The molecule has 0 fully saturated rings. The molecule has 28 heavy (non-hydrogen) atoms. The van der Waals surface area contributed by atoms with Crippen molar-refractivity contribution in [2.24, 2.45) is 0 Å². The van der Waals surface area contributed by atoms with Crippen LogP contribution in [0.25, 0.3) is 12.4 Å². The predicted molar refractivity (Wildman–Crippen MR) is 127 cm³/mol. The molecule has 2 rings (SSSR count). The summed E-state index contributed by atoms with van der Waals surface area (Å²) in [6.07, 6.45) is 23.8. The van der Waals surface area contributed by atoms with Crippen LogP contribution in [0, 0.1) is 0 Å². The number of halogens is 2. The van der Waals surface area contributed by atoms with Crippen LogP contribution in [-0.4, -0.2) is 19.1 Å². The third-order valence-corrected chi connectivity index (χ3v) is 6.75. The summed E-state index contributed by atoms with van der Waals surface area (Å²) in [4.78, 5) is 9.46. The second-order valence-corrected chi connectivity index (χ2v) is 9.30. The van der Waals surface area contributed by atoms with Gasteiger partial charge in [-0.25, -0.2) is 9.97 Å². The fourth-order valence-electron chi connectivity index (χ4n) is 3.41. The number of alkyl halides is 2. The van der Waals surface area contributed by atoms with Crippen LogP contribution in [0.15, 0.2) is 37.9 Å². The van der Waals surface area contributed by atoms with Crippen molar-refractivity contribution >= 4 is 44.3 Å². The highest BCUT2D eigenvalue weighted by Gasteiger charge is 2.13. The maximum Gasteiger partial charge on any atom is 0.126 e. The van der Waals surface area contributed by atoms with E-state index >= 15 is 0 Å². The number of rotatable bonds is 15. The molecule has 2 atom stereocenters. The molecule has 0 aliphatic carbocycles. The van der Waals surface area contributed by atoms with Crippen LogP contribution in [0.5, 0.6) is 0 Å². The van der Waals surface area contributed by atoms with Gasteiger partial charge in [0.2, 0.25) is 0 Å². The average Bonchev–Trinajstić information content (AvgIpc) is 3.37. The number of hydrogen-bond acceptors (Lipinski definition) is 2. The van der Waals surface area contributed by atoms with E-state index in [4.69, 9.17) is 0 Å². The third kappa shape index (κ3) is 7.36. The molecule has 0 radical (unpaired) electrons. The Morgan fingerprint density at radius 3 is 1.43 bits per heavy atom. The smallest absolute Gasteiger partial charge is 0.126 e. The van der Waals surface area contributed by atoms with Gasteiger partial charge in [-0.2, -0.15) is 0 Å². The van der Waals surface area contributed by atoms with Gasteiger partial charge in [-0.15, -0.1) is 0 Å². The maximum absolute atomic E-state index is 4.41. The second-order valence-electron chi connectivity index (χ2n) is 7.09. The highest BCUT2D eigenvalue weighted by Crippen LogP contribution is 2.29. The quantitative estimate of drug-likeness (QED) is 0.181. The summed E-state index contributed by atoms with van der Waals surface area (Å²) in [5, 5.41) is 0. The number of hydrogen-bond donors (Lipinski definition) is 0. The van der Waals surface area contributed by atoms with Gasteiger partial charge in [0.05, 0.1) is 9.65 Å². The molecule has 0 saturated heterocycles.